The standard InChI is InChI=1S/C28H40N4O7/c1-8-18(4)32(26(36)21(17-22(29)33)31-27(37)39-28(5,6)7)24(20-13-11-19(9-2)12-14-20)25(35)30-16-15-23(34)38-10-3/h2,11-14,18,21,24H,8,10,15-17H2,1,3-7H3,(H2,29,33)(H,30,35)(H,31,37). The summed E-state index contributed by atoms with van der Waals surface area (Å²) in [6.07, 6.45) is 4.42. The zero-order chi connectivity index (χ0) is 29.8. The molecule has 214 valence electrons. The van der Waals surface area contributed by atoms with Gasteiger partial charge in [0.25, 0.3) is 0 Å². The fourth-order valence-electron chi connectivity index (χ4n) is 3.64. The molecule has 0 saturated carbocycles. The molecule has 0 radical (unpaired) electrons. The van der Waals surface area contributed by atoms with E-state index in [1.165, 1.54) is 4.90 Å². The predicted molar refractivity (Wildman–Crippen MR) is 145 cm³/mol. The smallest absolute Gasteiger partial charge is 0.408 e. The number of carbonyl (C=O) groups is 5. The largest absolute Gasteiger partial charge is 0.466 e. The van der Waals surface area contributed by atoms with Gasteiger partial charge in [0.05, 0.1) is 19.4 Å². The van der Waals surface area contributed by atoms with Crippen molar-refractivity contribution in [3.63, 3.8) is 0 Å². The third kappa shape index (κ3) is 11.1. The molecule has 0 aromatic heterocycles. The maximum Gasteiger partial charge on any atom is 0.408 e. The zero-order valence-electron chi connectivity index (χ0n) is 23.5. The summed E-state index contributed by atoms with van der Waals surface area (Å²) in [5.74, 6) is -0.0909. The summed E-state index contributed by atoms with van der Waals surface area (Å²) < 4.78 is 10.2. The fourth-order valence-corrected chi connectivity index (χ4v) is 3.64. The molecule has 39 heavy (non-hydrogen) atoms. The van der Waals surface area contributed by atoms with Crippen molar-refractivity contribution < 1.29 is 33.4 Å². The summed E-state index contributed by atoms with van der Waals surface area (Å²) in [6.45, 7) is 10.4. The molecular formula is C28H40N4O7. The van der Waals surface area contributed by atoms with Crippen molar-refractivity contribution in [1.82, 2.24) is 15.5 Å². The molecule has 0 aliphatic carbocycles. The van der Waals surface area contributed by atoms with Gasteiger partial charge in [0.1, 0.15) is 17.7 Å². The van der Waals surface area contributed by atoms with Crippen LogP contribution in [-0.2, 0) is 28.7 Å². The van der Waals surface area contributed by atoms with Crippen molar-refractivity contribution in [3.05, 3.63) is 35.4 Å². The number of nitrogens with one attached hydrogen (secondary N) is 2. The number of hydrogen-bond acceptors (Lipinski definition) is 7. The summed E-state index contributed by atoms with van der Waals surface area (Å²) in [6, 6.07) is 3.42. The average molecular weight is 545 g/mol. The van der Waals surface area contributed by atoms with Crippen LogP contribution in [0.15, 0.2) is 24.3 Å². The number of esters is 1. The number of ether oxygens (including phenoxy) is 2. The van der Waals surface area contributed by atoms with Crippen LogP contribution in [0.1, 0.15) is 78.0 Å². The molecule has 4 N–H and O–H groups in total. The zero-order valence-corrected chi connectivity index (χ0v) is 23.5. The van der Waals surface area contributed by atoms with Crippen LogP contribution >= 0.6 is 0 Å². The first-order valence-electron chi connectivity index (χ1n) is 12.8. The molecule has 0 fully saturated rings. The molecule has 0 spiro atoms. The van der Waals surface area contributed by atoms with Crippen molar-refractivity contribution >= 4 is 29.8 Å². The highest BCUT2D eigenvalue weighted by molar-refractivity contribution is 5.94. The van der Waals surface area contributed by atoms with Gasteiger partial charge in [-0.25, -0.2) is 4.79 Å². The fraction of sp³-hybridized carbons (Fsp3) is 0.536. The number of terminal acetylenes is 1. The minimum atomic E-state index is -1.40. The molecule has 4 amide bonds. The normalized spacial score (nSPS) is 13.2. The van der Waals surface area contributed by atoms with Gasteiger partial charge in [-0.1, -0.05) is 25.0 Å². The van der Waals surface area contributed by atoms with Crippen LogP contribution in [0.2, 0.25) is 0 Å². The number of nitrogens with two attached hydrogens (primary N) is 1. The molecule has 11 heteroatoms. The lowest BCUT2D eigenvalue weighted by Crippen LogP contribution is -2.56. The van der Waals surface area contributed by atoms with Crippen molar-refractivity contribution in [1.29, 1.82) is 0 Å². The quantitative estimate of drug-likeness (QED) is 0.254. The first kappa shape index (κ1) is 33.0. The maximum atomic E-state index is 14.0. The molecule has 0 bridgehead atoms. The maximum absolute atomic E-state index is 14.0. The Morgan fingerprint density at radius 1 is 1.10 bits per heavy atom. The predicted octanol–water partition coefficient (Wildman–Crippen LogP) is 2.17. The van der Waals surface area contributed by atoms with Crippen molar-refractivity contribution in [2.24, 2.45) is 5.73 Å². The van der Waals surface area contributed by atoms with E-state index in [1.54, 1.807) is 58.9 Å². The Morgan fingerprint density at radius 2 is 1.72 bits per heavy atom. The van der Waals surface area contributed by atoms with Crippen LogP contribution in [0.3, 0.4) is 0 Å². The third-order valence-electron chi connectivity index (χ3n) is 5.57. The number of alkyl carbamates (subject to hydrolysis) is 1. The molecule has 1 aromatic carbocycles. The van der Waals surface area contributed by atoms with Gasteiger partial charge in [-0.3, -0.25) is 19.2 Å². The van der Waals surface area contributed by atoms with E-state index < -0.39 is 59.9 Å². The van der Waals surface area contributed by atoms with E-state index in [1.807, 2.05) is 6.92 Å². The van der Waals surface area contributed by atoms with E-state index in [2.05, 4.69) is 16.6 Å². The monoisotopic (exact) mass is 544 g/mol. The van der Waals surface area contributed by atoms with Crippen molar-refractivity contribution in [3.8, 4) is 12.3 Å². The molecule has 0 aliphatic heterocycles. The van der Waals surface area contributed by atoms with Crippen LogP contribution in [0.4, 0.5) is 4.79 Å². The number of primary amides is 1. The summed E-state index contributed by atoms with van der Waals surface area (Å²) in [5.41, 5.74) is 5.54. The van der Waals surface area contributed by atoms with Crippen LogP contribution in [-0.4, -0.2) is 65.5 Å². The Kier molecular flexibility index (Phi) is 13.0. The highest BCUT2D eigenvalue weighted by Crippen LogP contribution is 2.27. The molecule has 0 saturated heterocycles. The Morgan fingerprint density at radius 3 is 2.21 bits per heavy atom. The first-order valence-corrected chi connectivity index (χ1v) is 12.8. The Balaban J connectivity index is 3.49. The minimum absolute atomic E-state index is 0.0278. The van der Waals surface area contributed by atoms with E-state index >= 15 is 0 Å². The third-order valence-corrected chi connectivity index (χ3v) is 5.57. The second-order valence-electron chi connectivity index (χ2n) is 9.89. The number of rotatable bonds is 13. The minimum Gasteiger partial charge on any atom is -0.466 e. The molecule has 0 heterocycles. The Bertz CT molecular complexity index is 1060. The van der Waals surface area contributed by atoms with Gasteiger partial charge in [-0.05, 0) is 58.7 Å². The van der Waals surface area contributed by atoms with Gasteiger partial charge >= 0.3 is 12.1 Å². The SMILES string of the molecule is C#Cc1ccc(C(C(=O)NCCC(=O)OCC)N(C(=O)C(CC(N)=O)NC(=O)OC(C)(C)C)C(C)CC)cc1. The molecular weight excluding hydrogens is 504 g/mol. The van der Waals surface area contributed by atoms with Crippen molar-refractivity contribution in [2.45, 2.75) is 84.5 Å². The van der Waals surface area contributed by atoms with Gasteiger partial charge in [-0.15, -0.1) is 6.42 Å². The van der Waals surface area contributed by atoms with Gasteiger partial charge in [0.2, 0.25) is 17.7 Å². The van der Waals surface area contributed by atoms with E-state index in [9.17, 15) is 24.0 Å². The summed E-state index contributed by atoms with van der Waals surface area (Å²) in [7, 11) is 0. The number of hydrogen-bond donors (Lipinski definition) is 3. The van der Waals surface area contributed by atoms with E-state index in [0.29, 0.717) is 17.5 Å². The molecule has 3 unspecified atom stereocenters. The van der Waals surface area contributed by atoms with Gasteiger partial charge in [0, 0.05) is 18.2 Å². The highest BCUT2D eigenvalue weighted by Gasteiger charge is 2.39. The van der Waals surface area contributed by atoms with E-state index in [0.717, 1.165) is 0 Å². The number of amides is 4. The lowest BCUT2D eigenvalue weighted by molar-refractivity contribution is -0.146. The molecule has 11 nitrogen and oxygen atoms in total. The molecule has 3 atom stereocenters. The van der Waals surface area contributed by atoms with Gasteiger partial charge < -0.3 is 30.7 Å². The summed E-state index contributed by atoms with van der Waals surface area (Å²) in [4.78, 5) is 65.0. The molecule has 1 aromatic rings. The van der Waals surface area contributed by atoms with Gasteiger partial charge in [0.15, 0.2) is 0 Å². The average Bonchev–Trinajstić information content (AvgIpc) is 2.84. The number of nitrogens with zero attached hydrogens (tertiary/aromatic N) is 1. The summed E-state index contributed by atoms with van der Waals surface area (Å²) in [5, 5.41) is 5.11. The van der Waals surface area contributed by atoms with Gasteiger partial charge in [-0.2, -0.15) is 0 Å². The van der Waals surface area contributed by atoms with E-state index in [-0.39, 0.29) is 19.6 Å². The first-order chi connectivity index (χ1) is 18.2. The van der Waals surface area contributed by atoms with E-state index in [4.69, 9.17) is 21.6 Å². The van der Waals surface area contributed by atoms with Crippen LogP contribution in [0.25, 0.3) is 0 Å². The van der Waals surface area contributed by atoms with Crippen molar-refractivity contribution in [2.75, 3.05) is 13.2 Å². The topological polar surface area (TPSA) is 157 Å². The Labute approximate surface area is 230 Å². The second kappa shape index (κ2) is 15.4. The number of carbonyl (C=O) groups excluding carboxylic acids is 5. The van der Waals surface area contributed by atoms with Crippen LogP contribution < -0.4 is 16.4 Å². The lowest BCUT2D eigenvalue weighted by Gasteiger charge is -2.38. The Hall–Kier alpha value is -4.07. The van der Waals surface area contributed by atoms with Crippen LogP contribution in [0, 0.1) is 12.3 Å². The molecule has 1 rings (SSSR count). The van der Waals surface area contributed by atoms with Crippen LogP contribution in [0.5, 0.6) is 0 Å². The number of benzene rings is 1. The molecule has 0 aliphatic rings. The second-order valence-corrected chi connectivity index (χ2v) is 9.89. The lowest BCUT2D eigenvalue weighted by atomic mass is 9.98. The highest BCUT2D eigenvalue weighted by atomic mass is 16.6. The summed E-state index contributed by atoms with van der Waals surface area (Å²) >= 11 is 0.